The number of nitrogens with two attached hydrogens (primary N) is 1. The van der Waals surface area contributed by atoms with E-state index in [0.717, 1.165) is 26.4 Å². The smallest absolute Gasteiger partial charge is 0.209 e. The van der Waals surface area contributed by atoms with Crippen molar-refractivity contribution in [2.75, 3.05) is 19.3 Å². The number of carbonyl (C=O) groups is 1. The van der Waals surface area contributed by atoms with Gasteiger partial charge in [0.1, 0.15) is 0 Å². The topological polar surface area (TPSA) is 103 Å². The van der Waals surface area contributed by atoms with E-state index >= 15 is 0 Å². The first kappa shape index (κ1) is 13.3. The van der Waals surface area contributed by atoms with Crippen molar-refractivity contribution in [3.8, 4) is 0 Å². The van der Waals surface area contributed by atoms with E-state index in [1.54, 1.807) is 0 Å². The predicted octanol–water partition coefficient (Wildman–Crippen LogP) is -3.37. The summed E-state index contributed by atoms with van der Waals surface area (Å²) in [5.74, 6) is -1.08. The van der Waals surface area contributed by atoms with Gasteiger partial charge < -0.3 is 15.2 Å². The zero-order valence-electron chi connectivity index (χ0n) is 8.32. The van der Waals surface area contributed by atoms with Crippen molar-refractivity contribution in [3.05, 3.63) is 0 Å². The first-order valence-electron chi connectivity index (χ1n) is 4.28. The molecule has 7 heteroatoms. The Kier molecular flexibility index (Phi) is 5.66. The van der Waals surface area contributed by atoms with E-state index < -0.39 is 16.0 Å². The standard InChI is InChI=1S/C5H12N2O2S.C2H4O2/c1-10(8,9)7-5-2-3-6-4-5;1-2(3)4/h5-7H,2-4H2,1H3;1H3,(H,3,4). The predicted molar refractivity (Wildman–Crippen MR) is 48.7 cm³/mol. The van der Waals surface area contributed by atoms with Crippen LogP contribution in [0.2, 0.25) is 0 Å². The average Bonchev–Trinajstić information content (AvgIpc) is 2.33. The molecule has 0 aromatic heterocycles. The van der Waals surface area contributed by atoms with Crippen molar-refractivity contribution in [2.24, 2.45) is 0 Å². The second-order valence-corrected chi connectivity index (χ2v) is 4.96. The summed E-state index contributed by atoms with van der Waals surface area (Å²) >= 11 is 0. The molecular weight excluding hydrogens is 208 g/mol. The molecule has 0 aromatic carbocycles. The largest absolute Gasteiger partial charge is 0.550 e. The van der Waals surface area contributed by atoms with Crippen molar-refractivity contribution in [1.82, 2.24) is 4.72 Å². The number of aliphatic carboxylic acids is 1. The zero-order chi connectivity index (χ0) is 11.2. The molecular formula is C7H16N2O4S. The van der Waals surface area contributed by atoms with Crippen molar-refractivity contribution in [1.29, 1.82) is 0 Å². The Balaban J connectivity index is 0.000000364. The fourth-order valence-electron chi connectivity index (χ4n) is 1.17. The Hall–Kier alpha value is -0.660. The van der Waals surface area contributed by atoms with E-state index in [2.05, 4.69) is 10.0 Å². The third-order valence-corrected chi connectivity index (χ3v) is 2.31. The minimum absolute atomic E-state index is 0.162. The first-order chi connectivity index (χ1) is 6.31. The maximum absolute atomic E-state index is 10.7. The third kappa shape index (κ3) is 9.43. The minimum atomic E-state index is -2.98. The molecule has 0 radical (unpaired) electrons. The molecule has 1 aliphatic heterocycles. The number of carbonyl (C=O) groups excluding carboxylic acids is 1. The quantitative estimate of drug-likeness (QED) is 0.511. The first-order valence-corrected chi connectivity index (χ1v) is 6.17. The summed E-state index contributed by atoms with van der Waals surface area (Å²) in [5.41, 5.74) is 0. The summed E-state index contributed by atoms with van der Waals surface area (Å²) in [7, 11) is -2.98. The van der Waals surface area contributed by atoms with Crippen LogP contribution in [0.5, 0.6) is 0 Å². The fraction of sp³-hybridized carbons (Fsp3) is 0.857. The number of carboxylic acid groups (broad SMARTS) is 1. The molecule has 0 spiro atoms. The summed E-state index contributed by atoms with van der Waals surface area (Å²) in [6.07, 6.45) is 2.15. The van der Waals surface area contributed by atoms with E-state index in [1.807, 2.05) is 0 Å². The van der Waals surface area contributed by atoms with Crippen molar-refractivity contribution >= 4 is 16.0 Å². The highest BCUT2D eigenvalue weighted by atomic mass is 32.2. The van der Waals surface area contributed by atoms with Gasteiger partial charge in [0, 0.05) is 12.4 Å². The van der Waals surface area contributed by atoms with Crippen molar-refractivity contribution in [2.45, 2.75) is 19.4 Å². The Morgan fingerprint density at radius 3 is 2.36 bits per heavy atom. The lowest BCUT2D eigenvalue weighted by atomic mass is 10.3. The Bertz CT molecular complexity index is 265. The normalized spacial score (nSPS) is 21.1. The number of rotatable bonds is 2. The monoisotopic (exact) mass is 224 g/mol. The second-order valence-electron chi connectivity index (χ2n) is 3.18. The molecule has 0 amide bonds. The fourth-order valence-corrected chi connectivity index (χ4v) is 1.99. The molecule has 6 nitrogen and oxygen atoms in total. The van der Waals surface area contributed by atoms with Crippen LogP contribution in [0.4, 0.5) is 0 Å². The van der Waals surface area contributed by atoms with E-state index in [-0.39, 0.29) is 6.04 Å². The van der Waals surface area contributed by atoms with Gasteiger partial charge in [-0.15, -0.1) is 0 Å². The number of hydrogen-bond donors (Lipinski definition) is 2. The van der Waals surface area contributed by atoms with Crippen LogP contribution in [-0.2, 0) is 14.8 Å². The molecule has 14 heavy (non-hydrogen) atoms. The maximum Gasteiger partial charge on any atom is 0.209 e. The number of nitrogens with one attached hydrogen (secondary N) is 1. The summed E-state index contributed by atoms with van der Waals surface area (Å²) in [5, 5.41) is 11.0. The maximum atomic E-state index is 10.7. The minimum Gasteiger partial charge on any atom is -0.550 e. The van der Waals surface area contributed by atoms with Crippen LogP contribution in [0.25, 0.3) is 0 Å². The summed E-state index contributed by atoms with van der Waals surface area (Å²) < 4.78 is 23.9. The summed E-state index contributed by atoms with van der Waals surface area (Å²) in [6, 6.07) is 0.162. The van der Waals surface area contributed by atoms with E-state index in [4.69, 9.17) is 9.90 Å². The van der Waals surface area contributed by atoms with Gasteiger partial charge in [0.25, 0.3) is 0 Å². The van der Waals surface area contributed by atoms with Gasteiger partial charge in [0.2, 0.25) is 10.0 Å². The molecule has 1 atom stereocenters. The van der Waals surface area contributed by atoms with Gasteiger partial charge in [-0.1, -0.05) is 0 Å². The highest BCUT2D eigenvalue weighted by molar-refractivity contribution is 7.88. The lowest BCUT2D eigenvalue weighted by Gasteiger charge is -2.04. The van der Waals surface area contributed by atoms with Crippen LogP contribution in [0.3, 0.4) is 0 Å². The lowest BCUT2D eigenvalue weighted by molar-refractivity contribution is -0.636. The highest BCUT2D eigenvalue weighted by Gasteiger charge is 2.20. The summed E-state index contributed by atoms with van der Waals surface area (Å²) in [6.45, 7) is 2.89. The van der Waals surface area contributed by atoms with Crippen LogP contribution < -0.4 is 15.1 Å². The zero-order valence-corrected chi connectivity index (χ0v) is 9.13. The van der Waals surface area contributed by atoms with Gasteiger partial charge in [-0.05, 0) is 6.92 Å². The van der Waals surface area contributed by atoms with E-state index in [0.29, 0.717) is 0 Å². The van der Waals surface area contributed by atoms with Crippen LogP contribution in [-0.4, -0.2) is 39.8 Å². The Labute approximate surface area is 83.7 Å². The molecule has 84 valence electrons. The molecule has 3 N–H and O–H groups in total. The Morgan fingerprint density at radius 2 is 2.07 bits per heavy atom. The van der Waals surface area contributed by atoms with Gasteiger partial charge in [0.05, 0.1) is 25.4 Å². The van der Waals surface area contributed by atoms with Crippen molar-refractivity contribution in [3.63, 3.8) is 0 Å². The summed E-state index contributed by atoms with van der Waals surface area (Å²) in [4.78, 5) is 8.89. The molecule has 1 saturated heterocycles. The van der Waals surface area contributed by atoms with Gasteiger partial charge in [-0.3, -0.25) is 0 Å². The van der Waals surface area contributed by atoms with Gasteiger partial charge in [0.15, 0.2) is 0 Å². The van der Waals surface area contributed by atoms with Crippen LogP contribution in [0, 0.1) is 0 Å². The van der Waals surface area contributed by atoms with Crippen LogP contribution in [0.1, 0.15) is 13.3 Å². The molecule has 0 aromatic rings. The van der Waals surface area contributed by atoms with E-state index in [9.17, 15) is 8.42 Å². The third-order valence-electron chi connectivity index (χ3n) is 1.55. The average molecular weight is 224 g/mol. The second kappa shape index (κ2) is 5.94. The SMILES string of the molecule is CC(=O)[O-].CS(=O)(=O)NC1CC[NH2+]C1. The molecule has 1 unspecified atom stereocenters. The van der Waals surface area contributed by atoms with Crippen LogP contribution >= 0.6 is 0 Å². The van der Waals surface area contributed by atoms with E-state index in [1.165, 1.54) is 6.26 Å². The molecule has 0 saturated carbocycles. The van der Waals surface area contributed by atoms with Crippen LogP contribution in [0.15, 0.2) is 0 Å². The van der Waals surface area contributed by atoms with Gasteiger partial charge in [-0.25, -0.2) is 13.1 Å². The van der Waals surface area contributed by atoms with Crippen molar-refractivity contribution < 1.29 is 23.6 Å². The van der Waals surface area contributed by atoms with Gasteiger partial charge >= 0.3 is 0 Å². The number of carboxylic acids is 1. The lowest BCUT2D eigenvalue weighted by Crippen LogP contribution is -2.82. The van der Waals surface area contributed by atoms with Gasteiger partial charge in [-0.2, -0.15) is 0 Å². The molecule has 1 heterocycles. The highest BCUT2D eigenvalue weighted by Crippen LogP contribution is 1.92. The number of quaternary nitrogens is 1. The molecule has 1 rings (SSSR count). The molecule has 0 aliphatic carbocycles. The number of sulfonamides is 1. The molecule has 0 bridgehead atoms. The molecule has 1 aliphatic rings. The Morgan fingerprint density at radius 1 is 1.57 bits per heavy atom. The molecule has 1 fully saturated rings. The number of hydrogen-bond acceptors (Lipinski definition) is 4.